The van der Waals surface area contributed by atoms with Gasteiger partial charge in [-0.2, -0.15) is 0 Å². The number of halogens is 1. The third-order valence-electron chi connectivity index (χ3n) is 3.37. The Morgan fingerprint density at radius 3 is 2.12 bits per heavy atom. The Labute approximate surface area is 155 Å². The zero-order chi connectivity index (χ0) is 18.4. The molecule has 6 heteroatoms. The fourth-order valence-corrected chi connectivity index (χ4v) is 2.47. The first-order valence-corrected chi connectivity index (χ1v) is 8.76. The zero-order valence-corrected chi connectivity index (χ0v) is 16.0. The Balaban J connectivity index is 1.95. The second-order valence-corrected chi connectivity index (χ2v) is 6.98. The summed E-state index contributed by atoms with van der Waals surface area (Å²) >= 11 is 3.40. The van der Waals surface area contributed by atoms with Crippen molar-refractivity contribution in [2.45, 2.75) is 20.8 Å². The largest absolute Gasteiger partial charge is 0.492 e. The summed E-state index contributed by atoms with van der Waals surface area (Å²) in [4.78, 5) is 24.2. The normalized spacial score (nSPS) is 10.4. The Morgan fingerprint density at radius 1 is 1.00 bits per heavy atom. The molecule has 2 aromatic carbocycles. The van der Waals surface area contributed by atoms with Crippen LogP contribution < -0.4 is 15.6 Å². The first kappa shape index (κ1) is 19.0. The van der Waals surface area contributed by atoms with Gasteiger partial charge in [0.15, 0.2) is 0 Å². The lowest BCUT2D eigenvalue weighted by Gasteiger charge is -2.12. The number of carbonyl (C=O) groups excluding carboxylic acids is 2. The Kier molecular flexibility index (Phi) is 6.58. The van der Waals surface area contributed by atoms with E-state index in [1.54, 1.807) is 30.3 Å². The summed E-state index contributed by atoms with van der Waals surface area (Å²) in [5.74, 6) is 0.307. The quantitative estimate of drug-likeness (QED) is 0.743. The highest BCUT2D eigenvalue weighted by Gasteiger charge is 2.11. The van der Waals surface area contributed by atoms with Gasteiger partial charge in [-0.1, -0.05) is 31.5 Å². The second kappa shape index (κ2) is 8.67. The van der Waals surface area contributed by atoms with Gasteiger partial charge in [-0.3, -0.25) is 20.4 Å². The van der Waals surface area contributed by atoms with Crippen LogP contribution in [0.2, 0.25) is 0 Å². The molecule has 0 radical (unpaired) electrons. The minimum absolute atomic E-state index is 0.371. The Hall–Kier alpha value is -2.34. The summed E-state index contributed by atoms with van der Waals surface area (Å²) in [6, 6.07) is 12.1. The average Bonchev–Trinajstić information content (AvgIpc) is 2.58. The molecule has 0 saturated carbocycles. The van der Waals surface area contributed by atoms with Crippen molar-refractivity contribution in [2.75, 3.05) is 6.61 Å². The van der Waals surface area contributed by atoms with Crippen molar-refractivity contribution in [1.82, 2.24) is 10.9 Å². The van der Waals surface area contributed by atoms with Crippen LogP contribution in [0.1, 0.15) is 40.1 Å². The van der Waals surface area contributed by atoms with Crippen LogP contribution in [0.25, 0.3) is 0 Å². The van der Waals surface area contributed by atoms with Crippen LogP contribution >= 0.6 is 15.9 Å². The predicted octanol–water partition coefficient (Wildman–Crippen LogP) is 3.87. The molecule has 0 aliphatic carbocycles. The molecule has 0 unspecified atom stereocenters. The van der Waals surface area contributed by atoms with Gasteiger partial charge < -0.3 is 4.74 Å². The highest BCUT2D eigenvalue weighted by Crippen LogP contribution is 2.26. The average molecular weight is 405 g/mol. The Bertz CT molecular complexity index is 758. The van der Waals surface area contributed by atoms with Crippen molar-refractivity contribution in [1.29, 1.82) is 0 Å². The molecule has 2 N–H and O–H groups in total. The fourth-order valence-electron chi connectivity index (χ4n) is 1.98. The fraction of sp³-hybridized carbons (Fsp3) is 0.263. The molecule has 0 spiro atoms. The van der Waals surface area contributed by atoms with E-state index in [1.807, 2.05) is 19.1 Å². The lowest BCUT2D eigenvalue weighted by atomic mass is 10.1. The molecule has 0 saturated heterocycles. The molecule has 0 aromatic heterocycles. The number of rotatable bonds is 5. The predicted molar refractivity (Wildman–Crippen MR) is 101 cm³/mol. The molecule has 0 aliphatic rings. The molecule has 2 aromatic rings. The van der Waals surface area contributed by atoms with E-state index in [4.69, 9.17) is 4.74 Å². The topological polar surface area (TPSA) is 67.4 Å². The van der Waals surface area contributed by atoms with E-state index >= 15 is 0 Å². The number of carbonyl (C=O) groups is 2. The van der Waals surface area contributed by atoms with Crippen molar-refractivity contribution in [3.05, 3.63) is 63.6 Å². The van der Waals surface area contributed by atoms with Crippen LogP contribution in [-0.2, 0) is 0 Å². The molecule has 25 heavy (non-hydrogen) atoms. The van der Waals surface area contributed by atoms with E-state index < -0.39 is 5.91 Å². The maximum atomic E-state index is 12.2. The van der Waals surface area contributed by atoms with Crippen LogP contribution in [0, 0.1) is 12.8 Å². The van der Waals surface area contributed by atoms with E-state index in [-0.39, 0.29) is 5.91 Å². The van der Waals surface area contributed by atoms with Crippen LogP contribution in [0.4, 0.5) is 0 Å². The third kappa shape index (κ3) is 5.60. The number of nitrogens with one attached hydrogen (secondary N) is 2. The molecule has 0 aliphatic heterocycles. The summed E-state index contributed by atoms with van der Waals surface area (Å²) in [6.45, 7) is 6.66. The van der Waals surface area contributed by atoms with Gasteiger partial charge in [0.05, 0.1) is 11.1 Å². The molecule has 0 heterocycles. The van der Waals surface area contributed by atoms with Gasteiger partial charge in [0.1, 0.15) is 5.75 Å². The summed E-state index contributed by atoms with van der Waals surface area (Å²) in [7, 11) is 0. The van der Waals surface area contributed by atoms with Gasteiger partial charge in [-0.15, -0.1) is 0 Å². The smallest absolute Gasteiger partial charge is 0.269 e. The van der Waals surface area contributed by atoms with E-state index in [1.165, 1.54) is 0 Å². The second-order valence-electron chi connectivity index (χ2n) is 6.12. The van der Waals surface area contributed by atoms with Crippen molar-refractivity contribution < 1.29 is 14.3 Å². The number of amides is 2. The molecular formula is C19H21BrN2O3. The number of hydrazine groups is 1. The molecule has 132 valence electrons. The number of benzene rings is 2. The molecular weight excluding hydrogens is 384 g/mol. The monoisotopic (exact) mass is 404 g/mol. The standard InChI is InChI=1S/C19H21BrN2O3/c1-12(2)11-25-17-9-8-15(10-16(17)20)19(24)22-21-18(23)14-6-4-13(3)5-7-14/h4-10,12H,11H2,1-3H3,(H,21,23)(H,22,24). The summed E-state index contributed by atoms with van der Waals surface area (Å²) in [6.07, 6.45) is 0. The van der Waals surface area contributed by atoms with Crippen LogP contribution in [0.3, 0.4) is 0 Å². The van der Waals surface area contributed by atoms with Gasteiger partial charge in [0.25, 0.3) is 11.8 Å². The molecule has 2 amide bonds. The summed E-state index contributed by atoms with van der Waals surface area (Å²) in [5.41, 5.74) is 6.76. The maximum Gasteiger partial charge on any atom is 0.269 e. The minimum Gasteiger partial charge on any atom is -0.492 e. The van der Waals surface area contributed by atoms with E-state index in [0.29, 0.717) is 33.9 Å². The van der Waals surface area contributed by atoms with Crippen LogP contribution in [0.15, 0.2) is 46.9 Å². The van der Waals surface area contributed by atoms with Crippen LogP contribution in [0.5, 0.6) is 5.75 Å². The van der Waals surface area contributed by atoms with Gasteiger partial charge in [0.2, 0.25) is 0 Å². The number of hydrogen-bond donors (Lipinski definition) is 2. The summed E-state index contributed by atoms with van der Waals surface area (Å²) in [5, 5.41) is 0. The zero-order valence-electron chi connectivity index (χ0n) is 14.4. The molecule has 0 fully saturated rings. The highest BCUT2D eigenvalue weighted by atomic mass is 79.9. The van der Waals surface area contributed by atoms with Gasteiger partial charge >= 0.3 is 0 Å². The first-order chi connectivity index (χ1) is 11.9. The van der Waals surface area contributed by atoms with Crippen molar-refractivity contribution in [3.8, 4) is 5.75 Å². The number of aryl methyl sites for hydroxylation is 1. The molecule has 0 atom stereocenters. The Morgan fingerprint density at radius 2 is 1.56 bits per heavy atom. The van der Waals surface area contributed by atoms with Crippen molar-refractivity contribution in [2.24, 2.45) is 5.92 Å². The first-order valence-electron chi connectivity index (χ1n) is 7.96. The molecule has 5 nitrogen and oxygen atoms in total. The maximum absolute atomic E-state index is 12.2. The van der Waals surface area contributed by atoms with Gasteiger partial charge in [-0.05, 0) is 59.1 Å². The van der Waals surface area contributed by atoms with E-state index in [2.05, 4.69) is 40.6 Å². The third-order valence-corrected chi connectivity index (χ3v) is 3.99. The number of hydrogen-bond acceptors (Lipinski definition) is 3. The number of ether oxygens (including phenoxy) is 1. The lowest BCUT2D eigenvalue weighted by Crippen LogP contribution is -2.41. The van der Waals surface area contributed by atoms with Crippen molar-refractivity contribution >= 4 is 27.7 Å². The van der Waals surface area contributed by atoms with Gasteiger partial charge in [-0.25, -0.2) is 0 Å². The van der Waals surface area contributed by atoms with E-state index in [0.717, 1.165) is 5.56 Å². The van der Waals surface area contributed by atoms with E-state index in [9.17, 15) is 9.59 Å². The van der Waals surface area contributed by atoms with Gasteiger partial charge in [0, 0.05) is 11.1 Å². The summed E-state index contributed by atoms with van der Waals surface area (Å²) < 4.78 is 6.34. The van der Waals surface area contributed by atoms with Crippen molar-refractivity contribution in [3.63, 3.8) is 0 Å². The highest BCUT2D eigenvalue weighted by molar-refractivity contribution is 9.10. The van der Waals surface area contributed by atoms with Crippen LogP contribution in [-0.4, -0.2) is 18.4 Å². The SMILES string of the molecule is Cc1ccc(C(=O)NNC(=O)c2ccc(OCC(C)C)c(Br)c2)cc1. The minimum atomic E-state index is -0.406. The molecule has 2 rings (SSSR count). The lowest BCUT2D eigenvalue weighted by molar-refractivity contribution is 0.0846. The molecule has 0 bridgehead atoms.